The number of hydrogen-bond donors (Lipinski definition) is 3. The number of nitrogens with one attached hydrogen (secondary N) is 1. The largest absolute Gasteiger partial charge is 0.398 e. The Morgan fingerprint density at radius 1 is 1.24 bits per heavy atom. The first-order valence-corrected chi connectivity index (χ1v) is 7.01. The standard InChI is InChI=1S/C16H17ClN2O2/c17-13-7-6-12(10-14(13)18)16(21)19-15(8-9-20)11-4-2-1-3-5-11/h1-7,10,15,20H,8-9,18H2,(H,19,21). The van der Waals surface area contributed by atoms with Crippen molar-refractivity contribution in [2.24, 2.45) is 0 Å². The first kappa shape index (κ1) is 15.4. The number of hydrogen-bond acceptors (Lipinski definition) is 3. The molecule has 1 atom stereocenters. The second-order valence-corrected chi connectivity index (χ2v) is 5.09. The van der Waals surface area contributed by atoms with Crippen LogP contribution in [0.3, 0.4) is 0 Å². The van der Waals surface area contributed by atoms with Crippen LogP contribution in [0.15, 0.2) is 48.5 Å². The molecule has 0 saturated heterocycles. The molecule has 0 bridgehead atoms. The zero-order chi connectivity index (χ0) is 15.2. The molecule has 2 aromatic rings. The predicted molar refractivity (Wildman–Crippen MR) is 84.2 cm³/mol. The van der Waals surface area contributed by atoms with Crippen molar-refractivity contribution in [3.63, 3.8) is 0 Å². The van der Waals surface area contributed by atoms with Gasteiger partial charge in [-0.3, -0.25) is 4.79 Å². The lowest BCUT2D eigenvalue weighted by atomic mass is 10.0. The van der Waals surface area contributed by atoms with Gasteiger partial charge in [0.05, 0.1) is 16.8 Å². The van der Waals surface area contributed by atoms with Gasteiger partial charge in [-0.2, -0.15) is 0 Å². The molecule has 4 N–H and O–H groups in total. The fraction of sp³-hybridized carbons (Fsp3) is 0.188. The Labute approximate surface area is 128 Å². The van der Waals surface area contributed by atoms with E-state index >= 15 is 0 Å². The highest BCUT2D eigenvalue weighted by Gasteiger charge is 2.15. The molecule has 0 radical (unpaired) electrons. The third-order valence-electron chi connectivity index (χ3n) is 3.18. The van der Waals surface area contributed by atoms with Crippen molar-refractivity contribution in [1.29, 1.82) is 0 Å². The molecule has 1 amide bonds. The summed E-state index contributed by atoms with van der Waals surface area (Å²) in [6, 6.07) is 14.0. The topological polar surface area (TPSA) is 75.4 Å². The van der Waals surface area contributed by atoms with Gasteiger partial charge in [0.1, 0.15) is 0 Å². The van der Waals surface area contributed by atoms with Gasteiger partial charge in [0.2, 0.25) is 0 Å². The Kier molecular flexibility index (Phi) is 5.20. The molecule has 5 heteroatoms. The molecule has 0 aliphatic rings. The van der Waals surface area contributed by atoms with E-state index in [1.54, 1.807) is 18.2 Å². The predicted octanol–water partition coefficient (Wildman–Crippen LogP) is 2.78. The van der Waals surface area contributed by atoms with Crippen LogP contribution in [0.4, 0.5) is 5.69 Å². The van der Waals surface area contributed by atoms with Gasteiger partial charge in [-0.15, -0.1) is 0 Å². The molecule has 4 nitrogen and oxygen atoms in total. The smallest absolute Gasteiger partial charge is 0.251 e. The molecule has 21 heavy (non-hydrogen) atoms. The molecule has 0 fully saturated rings. The van der Waals surface area contributed by atoms with E-state index in [0.717, 1.165) is 5.56 Å². The van der Waals surface area contributed by atoms with Crippen molar-refractivity contribution in [1.82, 2.24) is 5.32 Å². The molecule has 110 valence electrons. The van der Waals surface area contributed by atoms with Gasteiger partial charge in [0.15, 0.2) is 0 Å². The maximum atomic E-state index is 12.3. The van der Waals surface area contributed by atoms with Gasteiger partial charge in [0.25, 0.3) is 5.91 Å². The summed E-state index contributed by atoms with van der Waals surface area (Å²) in [4.78, 5) is 12.3. The summed E-state index contributed by atoms with van der Waals surface area (Å²) in [5.41, 5.74) is 7.46. The van der Waals surface area contributed by atoms with Crippen molar-refractivity contribution in [3.8, 4) is 0 Å². The van der Waals surface area contributed by atoms with Crippen LogP contribution < -0.4 is 11.1 Å². The van der Waals surface area contributed by atoms with Crippen LogP contribution in [-0.2, 0) is 0 Å². The maximum absolute atomic E-state index is 12.3. The van der Waals surface area contributed by atoms with Crippen molar-refractivity contribution in [2.75, 3.05) is 12.3 Å². The molecular weight excluding hydrogens is 288 g/mol. The van der Waals surface area contributed by atoms with Crippen molar-refractivity contribution >= 4 is 23.2 Å². The number of aliphatic hydroxyl groups excluding tert-OH is 1. The maximum Gasteiger partial charge on any atom is 0.251 e. The molecule has 0 aliphatic carbocycles. The fourth-order valence-electron chi connectivity index (χ4n) is 2.06. The van der Waals surface area contributed by atoms with Gasteiger partial charge in [-0.25, -0.2) is 0 Å². The Balaban J connectivity index is 2.16. The van der Waals surface area contributed by atoms with E-state index in [0.29, 0.717) is 22.7 Å². The van der Waals surface area contributed by atoms with Gasteiger partial charge in [-0.1, -0.05) is 41.9 Å². The minimum absolute atomic E-state index is 0.0113. The van der Waals surface area contributed by atoms with E-state index in [-0.39, 0.29) is 18.6 Å². The first-order valence-electron chi connectivity index (χ1n) is 6.63. The van der Waals surface area contributed by atoms with Crippen molar-refractivity contribution in [3.05, 3.63) is 64.7 Å². The Hall–Kier alpha value is -2.04. The fourth-order valence-corrected chi connectivity index (χ4v) is 2.18. The lowest BCUT2D eigenvalue weighted by molar-refractivity contribution is 0.0930. The van der Waals surface area contributed by atoms with Crippen LogP contribution in [0.5, 0.6) is 0 Å². The molecule has 0 aliphatic heterocycles. The zero-order valence-corrected chi connectivity index (χ0v) is 12.2. The minimum atomic E-state index is -0.249. The third kappa shape index (κ3) is 3.97. The number of aliphatic hydroxyl groups is 1. The number of nitrogens with two attached hydrogens (primary N) is 1. The normalized spacial score (nSPS) is 11.9. The number of benzene rings is 2. The second kappa shape index (κ2) is 7.11. The summed E-state index contributed by atoms with van der Waals surface area (Å²) < 4.78 is 0. The monoisotopic (exact) mass is 304 g/mol. The number of carbonyl (C=O) groups is 1. The highest BCUT2D eigenvalue weighted by atomic mass is 35.5. The van der Waals surface area contributed by atoms with Crippen LogP contribution >= 0.6 is 11.6 Å². The van der Waals surface area contributed by atoms with E-state index in [1.807, 2.05) is 30.3 Å². The summed E-state index contributed by atoms with van der Waals surface area (Å²) in [6.07, 6.45) is 0.443. The van der Waals surface area contributed by atoms with Gasteiger partial charge >= 0.3 is 0 Å². The van der Waals surface area contributed by atoms with Gasteiger partial charge in [0, 0.05) is 12.2 Å². The average molecular weight is 305 g/mol. The number of anilines is 1. The Morgan fingerprint density at radius 2 is 1.95 bits per heavy atom. The second-order valence-electron chi connectivity index (χ2n) is 4.69. The highest BCUT2D eigenvalue weighted by molar-refractivity contribution is 6.33. The average Bonchev–Trinajstić information content (AvgIpc) is 2.50. The van der Waals surface area contributed by atoms with E-state index in [2.05, 4.69) is 5.32 Å². The van der Waals surface area contributed by atoms with E-state index < -0.39 is 0 Å². The third-order valence-corrected chi connectivity index (χ3v) is 3.53. The van der Waals surface area contributed by atoms with Gasteiger partial charge < -0.3 is 16.2 Å². The number of amides is 1. The molecule has 0 heterocycles. The van der Waals surface area contributed by atoms with Crippen molar-refractivity contribution in [2.45, 2.75) is 12.5 Å². The summed E-state index contributed by atoms with van der Waals surface area (Å²) in [7, 11) is 0. The Bertz CT molecular complexity index is 617. The van der Waals surface area contributed by atoms with Crippen LogP contribution in [-0.4, -0.2) is 17.6 Å². The number of rotatable bonds is 5. The van der Waals surface area contributed by atoms with Crippen molar-refractivity contribution < 1.29 is 9.90 Å². The van der Waals surface area contributed by atoms with Crippen LogP contribution in [0.2, 0.25) is 5.02 Å². The molecule has 0 aromatic heterocycles. The van der Waals surface area contributed by atoms with Crippen LogP contribution in [0.1, 0.15) is 28.4 Å². The summed E-state index contributed by atoms with van der Waals surface area (Å²) in [6.45, 7) is -0.0113. The number of nitrogen functional groups attached to an aromatic ring is 1. The van der Waals surface area contributed by atoms with E-state index in [1.165, 1.54) is 0 Å². The number of carbonyl (C=O) groups excluding carboxylic acids is 1. The lowest BCUT2D eigenvalue weighted by Crippen LogP contribution is -2.29. The van der Waals surface area contributed by atoms with Crippen LogP contribution in [0, 0.1) is 0 Å². The first-order chi connectivity index (χ1) is 10.1. The molecule has 2 rings (SSSR count). The number of halogens is 1. The van der Waals surface area contributed by atoms with E-state index in [4.69, 9.17) is 17.3 Å². The molecule has 2 aromatic carbocycles. The van der Waals surface area contributed by atoms with Gasteiger partial charge in [-0.05, 0) is 30.2 Å². The Morgan fingerprint density at radius 3 is 2.57 bits per heavy atom. The lowest BCUT2D eigenvalue weighted by Gasteiger charge is -2.18. The summed E-state index contributed by atoms with van der Waals surface area (Å²) in [5, 5.41) is 12.5. The molecule has 1 unspecified atom stereocenters. The quantitative estimate of drug-likeness (QED) is 0.744. The molecular formula is C16H17ClN2O2. The molecule has 0 spiro atoms. The zero-order valence-electron chi connectivity index (χ0n) is 11.4. The highest BCUT2D eigenvalue weighted by Crippen LogP contribution is 2.21. The van der Waals surface area contributed by atoms with E-state index in [9.17, 15) is 9.90 Å². The summed E-state index contributed by atoms with van der Waals surface area (Å²) in [5.74, 6) is -0.249. The SMILES string of the molecule is Nc1cc(C(=O)NC(CCO)c2ccccc2)ccc1Cl. The van der Waals surface area contributed by atoms with Crippen LogP contribution in [0.25, 0.3) is 0 Å². The summed E-state index contributed by atoms with van der Waals surface area (Å²) >= 11 is 5.85. The molecule has 0 saturated carbocycles. The minimum Gasteiger partial charge on any atom is -0.398 e.